The maximum atomic E-state index is 12.3. The molecule has 0 spiro atoms. The fourth-order valence-electron chi connectivity index (χ4n) is 2.54. The molecule has 2 heterocycles. The van der Waals surface area contributed by atoms with Crippen LogP contribution in [-0.4, -0.2) is 28.9 Å². The zero-order valence-electron chi connectivity index (χ0n) is 10.2. The number of pyridine rings is 1. The fraction of sp³-hybridized carbons (Fsp3) is 0.538. The van der Waals surface area contributed by atoms with Crippen LogP contribution in [0.2, 0.25) is 0 Å². The molecule has 1 aliphatic rings. The lowest BCUT2D eigenvalue weighted by Crippen LogP contribution is -2.42. The van der Waals surface area contributed by atoms with Crippen LogP contribution in [-0.2, 0) is 0 Å². The van der Waals surface area contributed by atoms with Crippen molar-refractivity contribution in [2.75, 3.05) is 13.1 Å². The monoisotopic (exact) mass is 296 g/mol. The third kappa shape index (κ3) is 3.06. The summed E-state index contributed by atoms with van der Waals surface area (Å²) in [5, 5.41) is 0. The maximum absolute atomic E-state index is 12.3. The lowest BCUT2D eigenvalue weighted by molar-refractivity contribution is 0.0622. The number of piperidine rings is 1. The first-order chi connectivity index (χ1) is 8.06. The van der Waals surface area contributed by atoms with E-state index in [1.54, 1.807) is 12.4 Å². The molecule has 92 valence electrons. The van der Waals surface area contributed by atoms with E-state index in [-0.39, 0.29) is 5.91 Å². The number of halogens is 1. The molecule has 17 heavy (non-hydrogen) atoms. The number of aromatic nitrogens is 1. The van der Waals surface area contributed by atoms with E-state index >= 15 is 0 Å². The Morgan fingerprint density at radius 2 is 2.00 bits per heavy atom. The Morgan fingerprint density at radius 3 is 2.59 bits per heavy atom. The smallest absolute Gasteiger partial charge is 0.255 e. The number of rotatable bonds is 1. The molecule has 2 unspecified atom stereocenters. The van der Waals surface area contributed by atoms with Gasteiger partial charge in [-0.05, 0) is 40.3 Å². The molecule has 1 saturated heterocycles. The zero-order chi connectivity index (χ0) is 12.4. The van der Waals surface area contributed by atoms with Gasteiger partial charge in [-0.1, -0.05) is 13.8 Å². The molecular weight excluding hydrogens is 280 g/mol. The molecule has 2 rings (SSSR count). The van der Waals surface area contributed by atoms with Crippen LogP contribution in [0.4, 0.5) is 0 Å². The first kappa shape index (κ1) is 12.6. The van der Waals surface area contributed by atoms with Gasteiger partial charge in [0.25, 0.3) is 5.91 Å². The maximum Gasteiger partial charge on any atom is 0.255 e. The molecule has 1 amide bonds. The van der Waals surface area contributed by atoms with Gasteiger partial charge in [-0.25, -0.2) is 0 Å². The van der Waals surface area contributed by atoms with Crippen molar-refractivity contribution in [1.82, 2.24) is 9.88 Å². The Balaban J connectivity index is 2.14. The summed E-state index contributed by atoms with van der Waals surface area (Å²) in [6, 6.07) is 1.83. The minimum absolute atomic E-state index is 0.0946. The Morgan fingerprint density at radius 1 is 1.35 bits per heavy atom. The second-order valence-electron chi connectivity index (χ2n) is 5.05. The van der Waals surface area contributed by atoms with Crippen molar-refractivity contribution in [3.63, 3.8) is 0 Å². The van der Waals surface area contributed by atoms with Gasteiger partial charge in [0.05, 0.1) is 5.56 Å². The van der Waals surface area contributed by atoms with Gasteiger partial charge in [0.1, 0.15) is 0 Å². The third-order valence-electron chi connectivity index (χ3n) is 3.11. The van der Waals surface area contributed by atoms with Crippen LogP contribution >= 0.6 is 15.9 Å². The average molecular weight is 297 g/mol. The van der Waals surface area contributed by atoms with Gasteiger partial charge in [0, 0.05) is 30.0 Å². The summed E-state index contributed by atoms with van der Waals surface area (Å²) >= 11 is 3.34. The highest BCUT2D eigenvalue weighted by Gasteiger charge is 2.26. The number of carbonyl (C=O) groups excluding carboxylic acids is 1. The molecule has 1 aromatic heterocycles. The molecule has 0 bridgehead atoms. The van der Waals surface area contributed by atoms with Gasteiger partial charge in [-0.3, -0.25) is 9.78 Å². The van der Waals surface area contributed by atoms with Crippen molar-refractivity contribution >= 4 is 21.8 Å². The highest BCUT2D eigenvalue weighted by molar-refractivity contribution is 9.10. The highest BCUT2D eigenvalue weighted by atomic mass is 79.9. The Labute approximate surface area is 110 Å². The van der Waals surface area contributed by atoms with E-state index in [0.29, 0.717) is 17.4 Å². The summed E-state index contributed by atoms with van der Waals surface area (Å²) in [5.41, 5.74) is 0.667. The number of amides is 1. The second kappa shape index (κ2) is 5.17. The third-order valence-corrected chi connectivity index (χ3v) is 3.54. The van der Waals surface area contributed by atoms with Gasteiger partial charge in [0.15, 0.2) is 0 Å². The van der Waals surface area contributed by atoms with Gasteiger partial charge in [-0.2, -0.15) is 0 Å². The van der Waals surface area contributed by atoms with Crippen molar-refractivity contribution in [1.29, 1.82) is 0 Å². The normalized spacial score (nSPS) is 24.8. The van der Waals surface area contributed by atoms with Crippen LogP contribution in [0, 0.1) is 11.8 Å². The van der Waals surface area contributed by atoms with Crippen LogP contribution in [0.25, 0.3) is 0 Å². The SMILES string of the molecule is CC1CC(C)CN(C(=O)c2cncc(Br)c2)C1. The standard InChI is InChI=1S/C13H17BrN2O/c1-9-3-10(2)8-16(7-9)13(17)11-4-12(14)6-15-5-11/h4-6,9-10H,3,7-8H2,1-2H3. The molecule has 0 radical (unpaired) electrons. The number of hydrogen-bond acceptors (Lipinski definition) is 2. The van der Waals surface area contributed by atoms with Crippen LogP contribution in [0.5, 0.6) is 0 Å². The summed E-state index contributed by atoms with van der Waals surface area (Å²) in [7, 11) is 0. The molecule has 2 atom stereocenters. The molecule has 1 aromatic rings. The van der Waals surface area contributed by atoms with Crippen LogP contribution < -0.4 is 0 Å². The van der Waals surface area contributed by atoms with Gasteiger partial charge in [-0.15, -0.1) is 0 Å². The lowest BCUT2D eigenvalue weighted by Gasteiger charge is -2.35. The molecule has 1 fully saturated rings. The first-order valence-electron chi connectivity index (χ1n) is 5.96. The molecule has 0 aromatic carbocycles. The van der Waals surface area contributed by atoms with Gasteiger partial charge in [0.2, 0.25) is 0 Å². The predicted molar refractivity (Wildman–Crippen MR) is 70.8 cm³/mol. The fourth-order valence-corrected chi connectivity index (χ4v) is 2.90. The molecular formula is C13H17BrN2O. The molecule has 0 aliphatic carbocycles. The quantitative estimate of drug-likeness (QED) is 0.798. The largest absolute Gasteiger partial charge is 0.338 e. The topological polar surface area (TPSA) is 33.2 Å². The van der Waals surface area contributed by atoms with Crippen molar-refractivity contribution in [2.24, 2.45) is 11.8 Å². The van der Waals surface area contributed by atoms with Crippen LogP contribution in [0.15, 0.2) is 22.9 Å². The summed E-state index contributed by atoms with van der Waals surface area (Å²) in [6.07, 6.45) is 4.54. The first-order valence-corrected chi connectivity index (χ1v) is 6.75. The number of carbonyl (C=O) groups is 1. The summed E-state index contributed by atoms with van der Waals surface area (Å²) < 4.78 is 0.849. The van der Waals surface area contributed by atoms with Crippen molar-refractivity contribution < 1.29 is 4.79 Å². The van der Waals surface area contributed by atoms with E-state index in [1.807, 2.05) is 11.0 Å². The average Bonchev–Trinajstić information content (AvgIpc) is 2.26. The molecule has 0 saturated carbocycles. The number of nitrogens with zero attached hydrogens (tertiary/aromatic N) is 2. The Hall–Kier alpha value is -0.900. The number of hydrogen-bond donors (Lipinski definition) is 0. The van der Waals surface area contributed by atoms with Crippen molar-refractivity contribution in [3.8, 4) is 0 Å². The summed E-state index contributed by atoms with van der Waals surface area (Å²) in [6.45, 7) is 6.12. The zero-order valence-corrected chi connectivity index (χ0v) is 11.8. The van der Waals surface area contributed by atoms with Gasteiger partial charge >= 0.3 is 0 Å². The lowest BCUT2D eigenvalue weighted by atomic mass is 9.91. The van der Waals surface area contributed by atoms with E-state index in [2.05, 4.69) is 34.8 Å². The van der Waals surface area contributed by atoms with Crippen molar-refractivity contribution in [3.05, 3.63) is 28.5 Å². The van der Waals surface area contributed by atoms with Crippen molar-refractivity contribution in [2.45, 2.75) is 20.3 Å². The minimum atomic E-state index is 0.0946. The van der Waals surface area contributed by atoms with Gasteiger partial charge < -0.3 is 4.90 Å². The van der Waals surface area contributed by atoms with E-state index in [4.69, 9.17) is 0 Å². The summed E-state index contributed by atoms with van der Waals surface area (Å²) in [5.74, 6) is 1.27. The highest BCUT2D eigenvalue weighted by Crippen LogP contribution is 2.22. The van der Waals surface area contributed by atoms with E-state index < -0.39 is 0 Å². The van der Waals surface area contributed by atoms with E-state index in [0.717, 1.165) is 17.6 Å². The van der Waals surface area contributed by atoms with Crippen LogP contribution in [0.1, 0.15) is 30.6 Å². The number of likely N-dealkylation sites (tertiary alicyclic amines) is 1. The second-order valence-corrected chi connectivity index (χ2v) is 5.96. The molecule has 0 N–H and O–H groups in total. The predicted octanol–water partition coefficient (Wildman–Crippen LogP) is 2.96. The molecule has 1 aliphatic heterocycles. The summed E-state index contributed by atoms with van der Waals surface area (Å²) in [4.78, 5) is 18.3. The Bertz CT molecular complexity index is 412. The van der Waals surface area contributed by atoms with Crippen LogP contribution in [0.3, 0.4) is 0 Å². The molecule has 4 heteroatoms. The van der Waals surface area contributed by atoms with E-state index in [9.17, 15) is 4.79 Å². The Kier molecular flexibility index (Phi) is 3.82. The molecule has 3 nitrogen and oxygen atoms in total. The minimum Gasteiger partial charge on any atom is -0.338 e. The van der Waals surface area contributed by atoms with E-state index in [1.165, 1.54) is 6.42 Å².